The van der Waals surface area contributed by atoms with Crippen molar-refractivity contribution >= 4 is 0 Å². The van der Waals surface area contributed by atoms with Crippen molar-refractivity contribution in [2.45, 2.75) is 32.7 Å². The fourth-order valence-corrected chi connectivity index (χ4v) is 2.10. The monoisotopic (exact) mass is 221 g/mol. The zero-order chi connectivity index (χ0) is 11.8. The van der Waals surface area contributed by atoms with Crippen LogP contribution in [0.4, 0.5) is 0 Å². The van der Waals surface area contributed by atoms with Crippen LogP contribution in [0.5, 0.6) is 0 Å². The summed E-state index contributed by atoms with van der Waals surface area (Å²) in [6, 6.07) is 10.4. The molecule has 0 bridgehead atoms. The van der Waals surface area contributed by atoms with Gasteiger partial charge in [0.15, 0.2) is 0 Å². The molecule has 1 aromatic carbocycles. The second-order valence-corrected chi connectivity index (χ2v) is 4.15. The first kappa shape index (κ1) is 13.2. The molecule has 1 N–H and O–H groups in total. The molecule has 1 unspecified atom stereocenters. The second-order valence-electron chi connectivity index (χ2n) is 4.15. The van der Waals surface area contributed by atoms with Gasteiger partial charge in [0.1, 0.15) is 0 Å². The van der Waals surface area contributed by atoms with E-state index in [1.807, 2.05) is 18.2 Å². The lowest BCUT2D eigenvalue weighted by molar-refractivity contribution is 0.123. The number of hydrogen-bond donors (Lipinski definition) is 1. The van der Waals surface area contributed by atoms with E-state index in [0.717, 1.165) is 25.9 Å². The maximum absolute atomic E-state index is 9.56. The van der Waals surface area contributed by atoms with Gasteiger partial charge < -0.3 is 5.11 Å². The van der Waals surface area contributed by atoms with Gasteiger partial charge in [-0.3, -0.25) is 4.90 Å². The Labute approximate surface area is 98.9 Å². The molecule has 2 heteroatoms. The lowest BCUT2D eigenvalue weighted by Gasteiger charge is -2.30. The summed E-state index contributed by atoms with van der Waals surface area (Å²) < 4.78 is 0. The molecule has 0 spiro atoms. The predicted octanol–water partition coefficient (Wildman–Crippen LogP) is 2.84. The standard InChI is InChI=1S/C14H23NO/c1-3-10-15(11-4-2)14(12-16)13-8-6-5-7-9-13/h5-9,14,16H,3-4,10-12H2,1-2H3. The third-order valence-electron chi connectivity index (χ3n) is 2.82. The molecule has 16 heavy (non-hydrogen) atoms. The van der Waals surface area contributed by atoms with Gasteiger partial charge in [0.25, 0.3) is 0 Å². The Hall–Kier alpha value is -0.860. The van der Waals surface area contributed by atoms with Crippen molar-refractivity contribution < 1.29 is 5.11 Å². The minimum Gasteiger partial charge on any atom is -0.394 e. The summed E-state index contributed by atoms with van der Waals surface area (Å²) in [6.45, 7) is 6.66. The first-order valence-corrected chi connectivity index (χ1v) is 6.23. The van der Waals surface area contributed by atoms with E-state index in [1.54, 1.807) is 0 Å². The Balaban J connectivity index is 2.77. The third kappa shape index (κ3) is 3.62. The van der Waals surface area contributed by atoms with Crippen molar-refractivity contribution in [1.82, 2.24) is 4.90 Å². The van der Waals surface area contributed by atoms with Crippen LogP contribution in [0.25, 0.3) is 0 Å². The maximum atomic E-state index is 9.56. The number of benzene rings is 1. The first-order valence-electron chi connectivity index (χ1n) is 6.23. The molecule has 0 aliphatic rings. The molecule has 0 aliphatic carbocycles. The molecule has 0 fully saturated rings. The predicted molar refractivity (Wildman–Crippen MR) is 68.4 cm³/mol. The first-order chi connectivity index (χ1) is 7.83. The van der Waals surface area contributed by atoms with Gasteiger partial charge in [-0.05, 0) is 31.5 Å². The van der Waals surface area contributed by atoms with E-state index in [4.69, 9.17) is 0 Å². The van der Waals surface area contributed by atoms with Gasteiger partial charge in [0, 0.05) is 0 Å². The average molecular weight is 221 g/mol. The molecule has 1 aromatic rings. The van der Waals surface area contributed by atoms with E-state index in [2.05, 4.69) is 30.9 Å². The van der Waals surface area contributed by atoms with E-state index in [9.17, 15) is 5.11 Å². The third-order valence-corrected chi connectivity index (χ3v) is 2.82. The zero-order valence-electron chi connectivity index (χ0n) is 10.4. The van der Waals surface area contributed by atoms with Gasteiger partial charge in [0.2, 0.25) is 0 Å². The summed E-state index contributed by atoms with van der Waals surface area (Å²) in [5.74, 6) is 0. The van der Waals surface area contributed by atoms with Gasteiger partial charge in [0.05, 0.1) is 12.6 Å². The van der Waals surface area contributed by atoms with Crippen molar-refractivity contribution in [2.24, 2.45) is 0 Å². The van der Waals surface area contributed by atoms with Gasteiger partial charge in [-0.25, -0.2) is 0 Å². The van der Waals surface area contributed by atoms with Crippen molar-refractivity contribution in [3.63, 3.8) is 0 Å². The highest BCUT2D eigenvalue weighted by Gasteiger charge is 2.17. The highest BCUT2D eigenvalue weighted by molar-refractivity contribution is 5.19. The lowest BCUT2D eigenvalue weighted by atomic mass is 10.1. The van der Waals surface area contributed by atoms with Gasteiger partial charge in [-0.2, -0.15) is 0 Å². The van der Waals surface area contributed by atoms with E-state index < -0.39 is 0 Å². The maximum Gasteiger partial charge on any atom is 0.0628 e. The van der Waals surface area contributed by atoms with Crippen LogP contribution in [0, 0.1) is 0 Å². The van der Waals surface area contributed by atoms with Gasteiger partial charge in [-0.15, -0.1) is 0 Å². The van der Waals surface area contributed by atoms with Crippen LogP contribution >= 0.6 is 0 Å². The summed E-state index contributed by atoms with van der Waals surface area (Å²) in [4.78, 5) is 2.37. The molecule has 0 amide bonds. The molecule has 0 aromatic heterocycles. The number of aliphatic hydroxyl groups is 1. The molecule has 2 nitrogen and oxygen atoms in total. The summed E-state index contributed by atoms with van der Waals surface area (Å²) in [5.41, 5.74) is 1.21. The Kier molecular flexibility index (Phi) is 6.12. The minimum atomic E-state index is 0.154. The van der Waals surface area contributed by atoms with Gasteiger partial charge >= 0.3 is 0 Å². The minimum absolute atomic E-state index is 0.154. The van der Waals surface area contributed by atoms with Crippen LogP contribution in [0.3, 0.4) is 0 Å². The number of rotatable bonds is 7. The Morgan fingerprint density at radius 3 is 2.06 bits per heavy atom. The van der Waals surface area contributed by atoms with Crippen molar-refractivity contribution in [2.75, 3.05) is 19.7 Å². The smallest absolute Gasteiger partial charge is 0.0628 e. The van der Waals surface area contributed by atoms with Gasteiger partial charge in [-0.1, -0.05) is 44.2 Å². The largest absolute Gasteiger partial charge is 0.394 e. The van der Waals surface area contributed by atoms with Crippen molar-refractivity contribution in [1.29, 1.82) is 0 Å². The topological polar surface area (TPSA) is 23.5 Å². The second kappa shape index (κ2) is 7.42. The Morgan fingerprint density at radius 1 is 1.06 bits per heavy atom. The van der Waals surface area contributed by atoms with Crippen LogP contribution in [0.1, 0.15) is 38.3 Å². The van der Waals surface area contributed by atoms with Crippen LogP contribution in [-0.4, -0.2) is 29.7 Å². The highest BCUT2D eigenvalue weighted by Crippen LogP contribution is 2.20. The Bertz CT molecular complexity index is 267. The molecule has 90 valence electrons. The van der Waals surface area contributed by atoms with E-state index in [0.29, 0.717) is 0 Å². The van der Waals surface area contributed by atoms with Crippen LogP contribution in [0.2, 0.25) is 0 Å². The molecule has 0 saturated heterocycles. The molecular weight excluding hydrogens is 198 g/mol. The normalized spacial score (nSPS) is 13.0. The molecule has 0 radical (unpaired) electrons. The van der Waals surface area contributed by atoms with Crippen LogP contribution in [0.15, 0.2) is 30.3 Å². The molecule has 1 atom stereocenters. The SMILES string of the molecule is CCCN(CCC)C(CO)c1ccccc1. The molecule has 0 heterocycles. The Morgan fingerprint density at radius 2 is 1.62 bits per heavy atom. The number of hydrogen-bond acceptors (Lipinski definition) is 2. The van der Waals surface area contributed by atoms with E-state index in [-0.39, 0.29) is 12.6 Å². The van der Waals surface area contributed by atoms with Crippen molar-refractivity contribution in [3.05, 3.63) is 35.9 Å². The highest BCUT2D eigenvalue weighted by atomic mass is 16.3. The summed E-state index contributed by atoms with van der Waals surface area (Å²) in [7, 11) is 0. The van der Waals surface area contributed by atoms with Crippen LogP contribution < -0.4 is 0 Å². The zero-order valence-corrected chi connectivity index (χ0v) is 10.4. The summed E-state index contributed by atoms with van der Waals surface area (Å²) in [6.07, 6.45) is 2.26. The molecular formula is C14H23NO. The molecule has 1 rings (SSSR count). The fourth-order valence-electron chi connectivity index (χ4n) is 2.10. The average Bonchev–Trinajstić information content (AvgIpc) is 2.32. The lowest BCUT2D eigenvalue weighted by Crippen LogP contribution is -2.32. The quantitative estimate of drug-likeness (QED) is 0.765. The number of nitrogens with zero attached hydrogens (tertiary/aromatic N) is 1. The van der Waals surface area contributed by atoms with E-state index in [1.165, 1.54) is 5.56 Å². The number of aliphatic hydroxyl groups excluding tert-OH is 1. The summed E-state index contributed by atoms with van der Waals surface area (Å²) >= 11 is 0. The van der Waals surface area contributed by atoms with Crippen LogP contribution in [-0.2, 0) is 0 Å². The molecule has 0 saturated carbocycles. The van der Waals surface area contributed by atoms with Crippen molar-refractivity contribution in [3.8, 4) is 0 Å². The fraction of sp³-hybridized carbons (Fsp3) is 0.571. The van der Waals surface area contributed by atoms with E-state index >= 15 is 0 Å². The molecule has 0 aliphatic heterocycles. The summed E-state index contributed by atoms with van der Waals surface area (Å²) in [5, 5.41) is 9.56.